The van der Waals surface area contributed by atoms with Crippen molar-refractivity contribution in [2.75, 3.05) is 13.2 Å². The largest absolute Gasteiger partial charge is 0.659 e. The van der Waals surface area contributed by atoms with Gasteiger partial charge in [-0.1, -0.05) is 32.8 Å². The Balaban J connectivity index is 0.000000236. The summed E-state index contributed by atoms with van der Waals surface area (Å²) < 4.78 is 466. The Bertz CT molecular complexity index is 3050. The lowest BCUT2D eigenvalue weighted by molar-refractivity contribution is -0.0118. The molecule has 440 valence electrons. The molecule has 82 heavy (non-hydrogen) atoms. The van der Waals surface area contributed by atoms with Crippen LogP contribution in [0.3, 0.4) is 0 Å². The first kappa shape index (κ1) is 61.5. The monoisotopic (exact) mass is 1230 g/mol. The molecule has 0 bridgehead atoms. The van der Waals surface area contributed by atoms with Crippen molar-refractivity contribution in [2.45, 2.75) is 26.1 Å². The summed E-state index contributed by atoms with van der Waals surface area (Å²) >= 11 is 0. The van der Waals surface area contributed by atoms with Gasteiger partial charge in [-0.05, 0) is 13.8 Å². The predicted octanol–water partition coefficient (Wildman–Crippen LogP) is 9.66. The van der Waals surface area contributed by atoms with Gasteiger partial charge in [-0.2, -0.15) is 0 Å². The van der Waals surface area contributed by atoms with Gasteiger partial charge in [0, 0.05) is 0 Å². The molecule has 2 aliphatic rings. The fourth-order valence-corrected chi connectivity index (χ4v) is 8.34. The van der Waals surface area contributed by atoms with Crippen molar-refractivity contribution in [3.63, 3.8) is 0 Å². The third kappa shape index (κ3) is 9.04. The minimum atomic E-state index is -6.24. The van der Waals surface area contributed by atoms with Gasteiger partial charge in [0.1, 0.15) is 69.8 Å². The minimum absolute atomic E-state index is 0.702. The van der Waals surface area contributed by atoms with Gasteiger partial charge >= 0.3 is 25.0 Å². The van der Waals surface area contributed by atoms with Gasteiger partial charge in [0.05, 0.1) is 0 Å². The second-order valence-electron chi connectivity index (χ2n) is 16.7. The summed E-state index contributed by atoms with van der Waals surface area (Å²) in [6.45, 7) is 0.764. The molecule has 0 amide bonds. The topological polar surface area (TPSA) is 59.5 Å². The van der Waals surface area contributed by atoms with Crippen LogP contribution in [0.5, 0.6) is 0 Å². The molecule has 2 saturated heterocycles. The Kier molecular flexibility index (Phi) is 16.2. The minimum Gasteiger partial charge on any atom is -0.552 e. The van der Waals surface area contributed by atoms with Crippen LogP contribution in [0.25, 0.3) is 0 Å². The fraction of sp³-hybridized carbons (Fsp3) is 0.136. The molecule has 0 aliphatic carbocycles. The first-order valence-electron chi connectivity index (χ1n) is 21.1. The van der Waals surface area contributed by atoms with E-state index in [1.54, 1.807) is 0 Å². The quantitative estimate of drug-likeness (QED) is 0.0381. The molecule has 0 spiro atoms. The lowest BCUT2D eigenvalue weighted by Gasteiger charge is -2.36. The number of halogens is 30. The summed E-state index contributed by atoms with van der Waals surface area (Å²) in [6, 6.07) is 0. The highest BCUT2D eigenvalue weighted by molar-refractivity contribution is 7.07. The number of ether oxygens (including phenoxy) is 4. The van der Waals surface area contributed by atoms with Crippen molar-refractivity contribution >= 4 is 57.8 Å². The normalized spacial score (nSPS) is 16.4. The molecule has 0 unspecified atom stereocenters. The number of cyclic esters (lactones) is 4. The van der Waals surface area contributed by atoms with Crippen LogP contribution in [0.2, 0.25) is 0 Å². The molecule has 8 rings (SSSR count). The van der Waals surface area contributed by atoms with Crippen LogP contribution in [0, 0.1) is 175 Å². The first-order valence-corrected chi connectivity index (χ1v) is 21.1. The van der Waals surface area contributed by atoms with E-state index in [9.17, 15) is 79.0 Å². The standard InChI is InChI=1S/2C22H6BF15O3/c2*1-3-2-39-22(40-3)41-23(4-7(24)13(30)19(36)14(31)8(4)25,5-9(26)15(32)20(37)16(33)10(5)27)6-11(28)17(34)21(38)18(35)12(6)29/h2*3H,2H2,1H3/t2*3-/m10/s1. The number of hydrogen-bond donors (Lipinski definition) is 0. The molecule has 6 aromatic rings. The summed E-state index contributed by atoms with van der Waals surface area (Å²) in [5, 5.41) is 0. The summed E-state index contributed by atoms with van der Waals surface area (Å²) in [4.78, 5) is 0. The van der Waals surface area contributed by atoms with E-state index >= 15 is 52.7 Å². The van der Waals surface area contributed by atoms with E-state index in [1.807, 2.05) is 0 Å². The van der Waals surface area contributed by atoms with Gasteiger partial charge in [-0.25, -0.2) is 132 Å². The van der Waals surface area contributed by atoms with Crippen molar-refractivity contribution < 1.29 is 159 Å². The van der Waals surface area contributed by atoms with Crippen LogP contribution in [0.1, 0.15) is 13.8 Å². The van der Waals surface area contributed by atoms with Crippen LogP contribution in [-0.4, -0.2) is 50.4 Å². The maximum atomic E-state index is 15.2. The molecule has 2 heterocycles. The van der Waals surface area contributed by atoms with E-state index in [4.69, 9.17) is 9.47 Å². The molecule has 2 atom stereocenters. The molecular formula is C44H12B2F30O6. The van der Waals surface area contributed by atoms with Crippen LogP contribution in [0.4, 0.5) is 140 Å². The molecule has 0 saturated carbocycles. The maximum absolute atomic E-state index is 15.2. The van der Waals surface area contributed by atoms with E-state index in [1.165, 1.54) is 0 Å². The Labute approximate surface area is 430 Å². The third-order valence-corrected chi connectivity index (χ3v) is 11.9. The number of hydrogen-bond acceptors (Lipinski definition) is 4. The average molecular weight is 1230 g/mol. The first-order chi connectivity index (χ1) is 38.0. The van der Waals surface area contributed by atoms with Crippen molar-refractivity contribution in [3.05, 3.63) is 175 Å². The van der Waals surface area contributed by atoms with Crippen molar-refractivity contribution in [3.8, 4) is 0 Å². The Morgan fingerprint density at radius 3 is 0.463 bits per heavy atom. The van der Waals surface area contributed by atoms with Gasteiger partial charge in [0.25, 0.3) is 0 Å². The zero-order valence-electron chi connectivity index (χ0n) is 38.5. The molecule has 0 N–H and O–H groups in total. The van der Waals surface area contributed by atoms with Crippen LogP contribution < -0.4 is 32.8 Å². The van der Waals surface area contributed by atoms with Crippen LogP contribution >= 0.6 is 0 Å². The molecular weight excluding hydrogens is 1220 g/mol. The summed E-state index contributed by atoms with van der Waals surface area (Å²) in [5.74, 6) is -94.6. The summed E-state index contributed by atoms with van der Waals surface area (Å²) in [6.07, 6.45) is -18.4. The molecule has 6 aromatic carbocycles. The highest BCUT2D eigenvalue weighted by Gasteiger charge is 2.57. The second-order valence-corrected chi connectivity index (χ2v) is 16.7. The zero-order chi connectivity index (χ0) is 61.8. The smallest absolute Gasteiger partial charge is 0.552 e. The van der Waals surface area contributed by atoms with Crippen LogP contribution in [-0.2, 0) is 18.9 Å². The molecule has 0 radical (unpaired) electrons. The SMILES string of the molecule is C[C@@H]1COC(=[O+][B-](c2c(F)c(F)c(F)c(F)c2F)(c2c(F)c(F)c(F)c(F)c2F)c2c(F)c(F)c(F)c(F)c2F)O1.C[C@H]1COC(=[O+][B-](c2c(F)c(F)c(F)c(F)c2F)(c2c(F)c(F)c(F)c(F)c2F)c2c(F)c(F)c(F)c(F)c2F)O1. The van der Waals surface area contributed by atoms with E-state index in [2.05, 4.69) is 18.2 Å². The van der Waals surface area contributed by atoms with E-state index in [0.717, 1.165) is 13.8 Å². The maximum Gasteiger partial charge on any atom is 0.659 e. The lowest BCUT2D eigenvalue weighted by atomic mass is 9.27. The van der Waals surface area contributed by atoms with E-state index in [-0.39, 0.29) is 0 Å². The molecule has 2 fully saturated rings. The Hall–Kier alpha value is -8.11. The molecule has 6 nitrogen and oxygen atoms in total. The van der Waals surface area contributed by atoms with Gasteiger partial charge < -0.3 is 27.6 Å². The number of carbonyl (C=O) groups excluding carboxylic acids is 2. The average Bonchev–Trinajstić information content (AvgIpc) is 1.48. The highest BCUT2D eigenvalue weighted by atomic mass is 19.2. The zero-order valence-corrected chi connectivity index (χ0v) is 38.5. The van der Waals surface area contributed by atoms with Gasteiger partial charge in [0.15, 0.2) is 105 Å². The highest BCUT2D eigenvalue weighted by Crippen LogP contribution is 2.34. The summed E-state index contributed by atoms with van der Waals surface area (Å²) in [5.41, 5.74) is -17.6. The van der Waals surface area contributed by atoms with Gasteiger partial charge in [-0.15, -0.1) is 0 Å². The van der Waals surface area contributed by atoms with Gasteiger partial charge in [0.2, 0.25) is 25.4 Å². The van der Waals surface area contributed by atoms with Gasteiger partial charge in [-0.3, -0.25) is 0 Å². The number of benzene rings is 6. The molecule has 0 aromatic heterocycles. The fourth-order valence-electron chi connectivity index (χ4n) is 8.34. The van der Waals surface area contributed by atoms with Crippen molar-refractivity contribution in [1.29, 1.82) is 0 Å². The Morgan fingerprint density at radius 2 is 0.354 bits per heavy atom. The second kappa shape index (κ2) is 21.7. The number of rotatable bonds is 8. The van der Waals surface area contributed by atoms with Crippen molar-refractivity contribution in [1.82, 2.24) is 0 Å². The van der Waals surface area contributed by atoms with E-state index in [0.29, 0.717) is 0 Å². The summed E-state index contributed by atoms with van der Waals surface area (Å²) in [7, 11) is 0. The predicted molar refractivity (Wildman–Crippen MR) is 210 cm³/mol. The molecule has 38 heteroatoms. The Morgan fingerprint density at radius 1 is 0.232 bits per heavy atom. The van der Waals surface area contributed by atoms with Crippen LogP contribution in [0.15, 0.2) is 0 Å². The third-order valence-electron chi connectivity index (χ3n) is 11.9. The van der Waals surface area contributed by atoms with E-state index < -0.39 is 258 Å². The lowest BCUT2D eigenvalue weighted by Crippen LogP contribution is -2.71. The van der Waals surface area contributed by atoms with Crippen molar-refractivity contribution in [2.24, 2.45) is 0 Å². The molecule has 2 aliphatic heterocycles.